The van der Waals surface area contributed by atoms with Crippen LogP contribution in [-0.4, -0.2) is 70.4 Å². The Kier molecular flexibility index (Phi) is 5.42. The predicted octanol–water partition coefficient (Wildman–Crippen LogP) is 0.0234. The molecule has 1 amide bonds. The minimum Gasteiger partial charge on any atom is -0.493 e. The number of carbonyl (C=O) groups is 1. The minimum absolute atomic E-state index is 0.268. The van der Waals surface area contributed by atoms with Gasteiger partial charge in [0.15, 0.2) is 5.75 Å². The fourth-order valence-corrected chi connectivity index (χ4v) is 3.25. The van der Waals surface area contributed by atoms with Gasteiger partial charge in [0, 0.05) is 19.3 Å². The zero-order valence-corrected chi connectivity index (χ0v) is 14.3. The number of nitrogens with zero attached hydrogens (tertiary/aromatic N) is 3. The summed E-state index contributed by atoms with van der Waals surface area (Å²) >= 11 is 0. The molecule has 1 aromatic heterocycles. The maximum absolute atomic E-state index is 12.4. The van der Waals surface area contributed by atoms with Crippen LogP contribution in [0.2, 0.25) is 0 Å². The van der Waals surface area contributed by atoms with E-state index >= 15 is 0 Å². The summed E-state index contributed by atoms with van der Waals surface area (Å²) in [7, 11) is -2.21. The third-order valence-corrected chi connectivity index (χ3v) is 4.70. The third kappa shape index (κ3) is 4.11. The summed E-state index contributed by atoms with van der Waals surface area (Å²) in [6, 6.07) is 1.53. The molecule has 0 radical (unpaired) electrons. The second-order valence-electron chi connectivity index (χ2n) is 5.21. The lowest BCUT2D eigenvalue weighted by molar-refractivity contribution is -0.133. The van der Waals surface area contributed by atoms with Gasteiger partial charge in [-0.05, 0) is 13.0 Å². The minimum atomic E-state index is -3.65. The van der Waals surface area contributed by atoms with Crippen molar-refractivity contribution in [3.8, 4) is 5.75 Å². The van der Waals surface area contributed by atoms with E-state index in [9.17, 15) is 13.2 Å². The van der Waals surface area contributed by atoms with Gasteiger partial charge in [0.05, 0.1) is 38.0 Å². The molecule has 0 unspecified atom stereocenters. The van der Waals surface area contributed by atoms with E-state index in [4.69, 9.17) is 9.47 Å². The number of ether oxygens (including phenoxy) is 2. The van der Waals surface area contributed by atoms with E-state index < -0.39 is 10.0 Å². The van der Waals surface area contributed by atoms with Crippen LogP contribution in [0, 0.1) is 6.92 Å². The number of hydrogen-bond donors (Lipinski definition) is 0. The van der Waals surface area contributed by atoms with Crippen molar-refractivity contribution in [3.63, 3.8) is 0 Å². The van der Waals surface area contributed by atoms with Crippen LogP contribution < -0.4 is 9.04 Å². The van der Waals surface area contributed by atoms with Crippen molar-refractivity contribution in [2.24, 2.45) is 0 Å². The van der Waals surface area contributed by atoms with Gasteiger partial charge in [-0.1, -0.05) is 0 Å². The maximum Gasteiger partial charge on any atom is 0.243 e. The lowest BCUT2D eigenvalue weighted by Crippen LogP contribution is -2.47. The average molecular weight is 343 g/mol. The van der Waals surface area contributed by atoms with Crippen molar-refractivity contribution >= 4 is 21.6 Å². The van der Waals surface area contributed by atoms with Gasteiger partial charge in [0.25, 0.3) is 0 Å². The van der Waals surface area contributed by atoms with E-state index in [0.717, 1.165) is 10.6 Å². The van der Waals surface area contributed by atoms with Gasteiger partial charge < -0.3 is 14.4 Å². The highest BCUT2D eigenvalue weighted by Crippen LogP contribution is 2.31. The Balaban J connectivity index is 2.32. The SMILES string of the molecule is COc1c(N(CC(=O)N2CCOCC2)S(C)(=O)=O)ccnc1C. The topological polar surface area (TPSA) is 89.0 Å². The highest BCUT2D eigenvalue weighted by molar-refractivity contribution is 7.92. The lowest BCUT2D eigenvalue weighted by Gasteiger charge is -2.30. The smallest absolute Gasteiger partial charge is 0.243 e. The number of sulfonamides is 1. The Morgan fingerprint density at radius 1 is 1.43 bits per heavy atom. The Bertz CT molecular complexity index is 671. The largest absolute Gasteiger partial charge is 0.493 e. The van der Waals surface area contributed by atoms with Gasteiger partial charge in [-0.2, -0.15) is 0 Å². The molecule has 0 N–H and O–H groups in total. The zero-order chi connectivity index (χ0) is 17.0. The van der Waals surface area contributed by atoms with E-state index in [1.165, 1.54) is 19.4 Å². The van der Waals surface area contributed by atoms with E-state index in [1.54, 1.807) is 11.8 Å². The monoisotopic (exact) mass is 343 g/mol. The molecule has 1 aliphatic heterocycles. The number of aryl methyl sites for hydroxylation is 1. The van der Waals surface area contributed by atoms with Gasteiger partial charge in [0.2, 0.25) is 15.9 Å². The maximum atomic E-state index is 12.4. The molecule has 0 saturated carbocycles. The van der Waals surface area contributed by atoms with Crippen molar-refractivity contribution in [1.29, 1.82) is 0 Å². The number of amides is 1. The number of aromatic nitrogens is 1. The molecule has 0 bridgehead atoms. The molecule has 2 heterocycles. The van der Waals surface area contributed by atoms with Crippen molar-refractivity contribution in [3.05, 3.63) is 18.0 Å². The Labute approximate surface area is 136 Å². The van der Waals surface area contributed by atoms with Gasteiger partial charge >= 0.3 is 0 Å². The highest BCUT2D eigenvalue weighted by atomic mass is 32.2. The van der Waals surface area contributed by atoms with Crippen LogP contribution in [0.5, 0.6) is 5.75 Å². The molecule has 8 nitrogen and oxygen atoms in total. The quantitative estimate of drug-likeness (QED) is 0.749. The Morgan fingerprint density at radius 3 is 2.65 bits per heavy atom. The molecule has 2 rings (SSSR count). The molecular weight excluding hydrogens is 322 g/mol. The number of hydrogen-bond acceptors (Lipinski definition) is 6. The Morgan fingerprint density at radius 2 is 2.09 bits per heavy atom. The van der Waals surface area contributed by atoms with Crippen LogP contribution in [0.4, 0.5) is 5.69 Å². The first-order valence-corrected chi connectivity index (χ1v) is 9.02. The predicted molar refractivity (Wildman–Crippen MR) is 85.1 cm³/mol. The summed E-state index contributed by atoms with van der Waals surface area (Å²) < 4.78 is 35.9. The molecule has 1 saturated heterocycles. The molecule has 9 heteroatoms. The molecule has 0 aliphatic carbocycles. The van der Waals surface area contributed by atoms with Crippen molar-refractivity contribution in [2.45, 2.75) is 6.92 Å². The van der Waals surface area contributed by atoms with Crippen LogP contribution in [0.15, 0.2) is 12.3 Å². The second kappa shape index (κ2) is 7.14. The van der Waals surface area contributed by atoms with Crippen LogP contribution >= 0.6 is 0 Å². The molecule has 0 aromatic carbocycles. The zero-order valence-electron chi connectivity index (χ0n) is 13.5. The molecule has 0 spiro atoms. The number of morpholine rings is 1. The fourth-order valence-electron chi connectivity index (χ4n) is 2.40. The molecule has 1 fully saturated rings. The Hall–Kier alpha value is -1.87. The van der Waals surface area contributed by atoms with Gasteiger partial charge in [-0.15, -0.1) is 0 Å². The average Bonchev–Trinajstić information content (AvgIpc) is 2.52. The van der Waals surface area contributed by atoms with Gasteiger partial charge in [-0.3, -0.25) is 14.1 Å². The fraction of sp³-hybridized carbons (Fsp3) is 0.571. The number of pyridine rings is 1. The van der Waals surface area contributed by atoms with E-state index in [-0.39, 0.29) is 12.5 Å². The number of rotatable bonds is 5. The molecule has 1 aliphatic rings. The van der Waals surface area contributed by atoms with Gasteiger partial charge in [0.1, 0.15) is 6.54 Å². The first-order valence-electron chi connectivity index (χ1n) is 7.17. The van der Waals surface area contributed by atoms with Crippen molar-refractivity contribution in [2.75, 3.05) is 50.5 Å². The summed E-state index contributed by atoms with van der Waals surface area (Å²) in [4.78, 5) is 18.1. The first kappa shape index (κ1) is 17.5. The van der Waals surface area contributed by atoms with Gasteiger partial charge in [-0.25, -0.2) is 8.42 Å². The highest BCUT2D eigenvalue weighted by Gasteiger charge is 2.27. The number of methoxy groups -OCH3 is 1. The molecule has 1 aromatic rings. The summed E-state index contributed by atoms with van der Waals surface area (Å²) in [5.41, 5.74) is 0.863. The summed E-state index contributed by atoms with van der Waals surface area (Å²) in [6.45, 7) is 3.28. The van der Waals surface area contributed by atoms with Crippen LogP contribution in [0.1, 0.15) is 5.69 Å². The van der Waals surface area contributed by atoms with E-state index in [0.29, 0.717) is 43.4 Å². The normalized spacial score (nSPS) is 15.3. The van der Waals surface area contributed by atoms with E-state index in [1.807, 2.05) is 0 Å². The van der Waals surface area contributed by atoms with Crippen LogP contribution in [0.25, 0.3) is 0 Å². The first-order chi connectivity index (χ1) is 10.8. The van der Waals surface area contributed by atoms with Crippen LogP contribution in [-0.2, 0) is 19.6 Å². The molecular formula is C14H21N3O5S. The number of carbonyl (C=O) groups excluding carboxylic acids is 1. The second-order valence-corrected chi connectivity index (χ2v) is 7.12. The van der Waals surface area contributed by atoms with Crippen LogP contribution in [0.3, 0.4) is 0 Å². The van der Waals surface area contributed by atoms with Crippen molar-refractivity contribution in [1.82, 2.24) is 9.88 Å². The standard InChI is InChI=1S/C14H21N3O5S/c1-11-14(21-2)12(4-5-15-11)17(23(3,19)20)10-13(18)16-6-8-22-9-7-16/h4-5H,6-10H2,1-3H3. The molecule has 0 atom stereocenters. The van der Waals surface area contributed by atoms with E-state index in [2.05, 4.69) is 4.98 Å². The number of anilines is 1. The van der Waals surface area contributed by atoms with Crippen molar-refractivity contribution < 1.29 is 22.7 Å². The summed E-state index contributed by atoms with van der Waals surface area (Å²) in [5, 5.41) is 0. The summed E-state index contributed by atoms with van der Waals surface area (Å²) in [6.07, 6.45) is 2.55. The third-order valence-electron chi connectivity index (χ3n) is 3.58. The lowest BCUT2D eigenvalue weighted by atomic mass is 10.3. The molecule has 128 valence electrons. The molecule has 23 heavy (non-hydrogen) atoms. The summed E-state index contributed by atoms with van der Waals surface area (Å²) in [5.74, 6) is 0.0722.